The summed E-state index contributed by atoms with van der Waals surface area (Å²) in [5, 5.41) is 3.45. The molecule has 0 saturated carbocycles. The molecule has 2 rings (SSSR count). The Balaban J connectivity index is 1.72. The summed E-state index contributed by atoms with van der Waals surface area (Å²) in [6.45, 7) is 4.00. The third kappa shape index (κ3) is 5.46. The van der Waals surface area contributed by atoms with Crippen molar-refractivity contribution >= 4 is 29.1 Å². The lowest BCUT2D eigenvalue weighted by Gasteiger charge is -2.19. The van der Waals surface area contributed by atoms with Gasteiger partial charge in [-0.25, -0.2) is 4.98 Å². The average molecular weight is 330 g/mol. The number of nitrogens with zero attached hydrogens (tertiary/aromatic N) is 2. The summed E-state index contributed by atoms with van der Waals surface area (Å²) in [6, 6.07) is 3.16. The molecule has 0 unspecified atom stereocenters. The minimum atomic E-state index is -0.265. The second kappa shape index (κ2) is 8.57. The maximum atomic E-state index is 12.0. The number of halogens is 2. The molecule has 0 aromatic carbocycles. The van der Waals surface area contributed by atoms with Crippen molar-refractivity contribution < 1.29 is 4.79 Å². The highest BCUT2D eigenvalue weighted by Gasteiger charge is 2.13. The molecule has 1 amide bonds. The molecule has 6 heteroatoms. The van der Waals surface area contributed by atoms with Crippen LogP contribution in [0.4, 0.5) is 0 Å². The Morgan fingerprint density at radius 3 is 2.62 bits per heavy atom. The number of hydrogen-bond donors (Lipinski definition) is 1. The number of pyridine rings is 1. The molecule has 0 bridgehead atoms. The summed E-state index contributed by atoms with van der Waals surface area (Å²) >= 11 is 11.7. The van der Waals surface area contributed by atoms with Crippen molar-refractivity contribution in [1.29, 1.82) is 0 Å². The van der Waals surface area contributed by atoms with Crippen molar-refractivity contribution in [2.45, 2.75) is 32.1 Å². The van der Waals surface area contributed by atoms with Crippen molar-refractivity contribution in [3.8, 4) is 0 Å². The zero-order chi connectivity index (χ0) is 15.1. The largest absolute Gasteiger partial charge is 0.351 e. The van der Waals surface area contributed by atoms with Gasteiger partial charge in [0.25, 0.3) is 5.91 Å². The molecule has 0 aliphatic carbocycles. The summed E-state index contributed by atoms with van der Waals surface area (Å²) in [5.41, 5.74) is 0.193. The number of amides is 1. The third-order valence-corrected chi connectivity index (χ3v) is 4.18. The molecule has 1 fully saturated rings. The van der Waals surface area contributed by atoms with Gasteiger partial charge in [-0.3, -0.25) is 4.79 Å². The zero-order valence-electron chi connectivity index (χ0n) is 12.1. The van der Waals surface area contributed by atoms with Gasteiger partial charge in [-0.2, -0.15) is 0 Å². The van der Waals surface area contributed by atoms with Crippen LogP contribution in [-0.4, -0.2) is 42.0 Å². The van der Waals surface area contributed by atoms with Crippen LogP contribution in [0.2, 0.25) is 10.2 Å². The van der Waals surface area contributed by atoms with Gasteiger partial charge in [0.2, 0.25) is 0 Å². The van der Waals surface area contributed by atoms with Gasteiger partial charge < -0.3 is 10.2 Å². The van der Waals surface area contributed by atoms with Crippen LogP contribution < -0.4 is 5.32 Å². The second-order valence-electron chi connectivity index (χ2n) is 5.33. The molecule has 0 spiro atoms. The number of carbonyl (C=O) groups excluding carboxylic acids is 1. The summed E-state index contributed by atoms with van der Waals surface area (Å²) in [6.07, 6.45) is 6.19. The van der Waals surface area contributed by atoms with Gasteiger partial charge in [-0.15, -0.1) is 0 Å². The molecule has 1 N–H and O–H groups in total. The van der Waals surface area contributed by atoms with E-state index < -0.39 is 0 Å². The molecule has 116 valence electrons. The van der Waals surface area contributed by atoms with Gasteiger partial charge in [-0.1, -0.05) is 36.0 Å². The molecule has 21 heavy (non-hydrogen) atoms. The molecular weight excluding hydrogens is 309 g/mol. The Morgan fingerprint density at radius 1 is 1.19 bits per heavy atom. The van der Waals surface area contributed by atoms with Crippen molar-refractivity contribution in [3.05, 3.63) is 28.0 Å². The maximum Gasteiger partial charge on any atom is 0.271 e. The minimum Gasteiger partial charge on any atom is -0.351 e. The van der Waals surface area contributed by atoms with E-state index in [9.17, 15) is 4.79 Å². The first-order valence-electron chi connectivity index (χ1n) is 7.49. The van der Waals surface area contributed by atoms with Crippen LogP contribution in [0, 0.1) is 0 Å². The lowest BCUT2D eigenvalue weighted by molar-refractivity contribution is 0.0947. The smallest absolute Gasteiger partial charge is 0.271 e. The molecule has 0 atom stereocenters. The fourth-order valence-corrected chi connectivity index (χ4v) is 2.86. The van der Waals surface area contributed by atoms with Crippen molar-refractivity contribution in [1.82, 2.24) is 15.2 Å². The Labute approximate surface area is 135 Å². The number of carbonyl (C=O) groups is 1. The predicted molar refractivity (Wildman–Crippen MR) is 86.1 cm³/mol. The predicted octanol–water partition coefficient (Wildman–Crippen LogP) is 3.38. The lowest BCUT2D eigenvalue weighted by Crippen LogP contribution is -2.31. The van der Waals surface area contributed by atoms with Gasteiger partial charge >= 0.3 is 0 Å². The number of likely N-dealkylation sites (tertiary alicyclic amines) is 1. The summed E-state index contributed by atoms with van der Waals surface area (Å²) in [5.74, 6) is -0.265. The van der Waals surface area contributed by atoms with Crippen LogP contribution in [0.1, 0.15) is 42.6 Å². The van der Waals surface area contributed by atoms with Crippen LogP contribution in [-0.2, 0) is 0 Å². The van der Waals surface area contributed by atoms with Crippen molar-refractivity contribution in [3.63, 3.8) is 0 Å². The van der Waals surface area contributed by atoms with Crippen LogP contribution in [0.3, 0.4) is 0 Å². The molecule has 1 aromatic rings. The van der Waals surface area contributed by atoms with E-state index >= 15 is 0 Å². The highest BCUT2D eigenvalue weighted by atomic mass is 35.5. The summed E-state index contributed by atoms with van der Waals surface area (Å²) in [4.78, 5) is 18.4. The van der Waals surface area contributed by atoms with Crippen LogP contribution in [0.5, 0.6) is 0 Å². The van der Waals surface area contributed by atoms with Gasteiger partial charge in [0.05, 0.1) is 5.02 Å². The van der Waals surface area contributed by atoms with Gasteiger partial charge in [-0.05, 0) is 51.0 Å². The first-order chi connectivity index (χ1) is 10.2. The van der Waals surface area contributed by atoms with Gasteiger partial charge in [0, 0.05) is 6.54 Å². The number of rotatable bonds is 5. The molecule has 1 aromatic heterocycles. The van der Waals surface area contributed by atoms with E-state index in [0.29, 0.717) is 11.6 Å². The Bertz CT molecular complexity index is 474. The van der Waals surface area contributed by atoms with E-state index in [1.807, 2.05) is 0 Å². The minimum absolute atomic E-state index is 0.193. The molecule has 4 nitrogen and oxygen atoms in total. The van der Waals surface area contributed by atoms with Crippen LogP contribution in [0.15, 0.2) is 12.1 Å². The van der Waals surface area contributed by atoms with Gasteiger partial charge in [0.15, 0.2) is 0 Å². The first-order valence-corrected chi connectivity index (χ1v) is 8.25. The fraction of sp³-hybridized carbons (Fsp3) is 0.600. The third-order valence-electron chi connectivity index (χ3n) is 3.66. The molecule has 0 radical (unpaired) electrons. The molecule has 1 aliphatic rings. The molecule has 1 saturated heterocycles. The van der Waals surface area contributed by atoms with Crippen LogP contribution in [0.25, 0.3) is 0 Å². The maximum absolute atomic E-state index is 12.0. The SMILES string of the molecule is O=C(NCCCN1CCCCCC1)c1nc(Cl)ccc1Cl. The average Bonchev–Trinajstić information content (AvgIpc) is 2.74. The van der Waals surface area contributed by atoms with E-state index in [-0.39, 0.29) is 16.8 Å². The standard InChI is InChI=1S/C15H21Cl2N3O/c16-12-6-7-13(17)19-14(12)15(21)18-8-5-11-20-9-3-1-2-4-10-20/h6-7H,1-5,8-11H2,(H,18,21). The van der Waals surface area contributed by atoms with Gasteiger partial charge in [0.1, 0.15) is 10.8 Å². The number of hydrogen-bond acceptors (Lipinski definition) is 3. The van der Waals surface area contributed by atoms with Crippen molar-refractivity contribution in [2.24, 2.45) is 0 Å². The Hall–Kier alpha value is -0.840. The fourth-order valence-electron chi connectivity index (χ4n) is 2.53. The monoisotopic (exact) mass is 329 g/mol. The van der Waals surface area contributed by atoms with E-state index in [1.54, 1.807) is 12.1 Å². The quantitative estimate of drug-likeness (QED) is 0.665. The topological polar surface area (TPSA) is 45.2 Å². The lowest BCUT2D eigenvalue weighted by atomic mass is 10.2. The Morgan fingerprint density at radius 2 is 1.90 bits per heavy atom. The zero-order valence-corrected chi connectivity index (χ0v) is 13.6. The van der Waals surface area contributed by atoms with E-state index in [0.717, 1.165) is 13.0 Å². The summed E-state index contributed by atoms with van der Waals surface area (Å²) in [7, 11) is 0. The number of nitrogens with one attached hydrogen (secondary N) is 1. The first kappa shape index (κ1) is 16.5. The van der Waals surface area contributed by atoms with Crippen LogP contribution >= 0.6 is 23.2 Å². The second-order valence-corrected chi connectivity index (χ2v) is 6.12. The molecule has 2 heterocycles. The van der Waals surface area contributed by atoms with E-state index in [4.69, 9.17) is 23.2 Å². The van der Waals surface area contributed by atoms with E-state index in [2.05, 4.69) is 15.2 Å². The van der Waals surface area contributed by atoms with Crippen molar-refractivity contribution in [2.75, 3.05) is 26.2 Å². The number of aromatic nitrogens is 1. The highest BCUT2D eigenvalue weighted by molar-refractivity contribution is 6.34. The summed E-state index contributed by atoms with van der Waals surface area (Å²) < 4.78 is 0. The molecule has 1 aliphatic heterocycles. The van der Waals surface area contributed by atoms with E-state index in [1.165, 1.54) is 38.8 Å². The molecular formula is C15H21Cl2N3O. The Kier molecular flexibility index (Phi) is 6.74. The highest BCUT2D eigenvalue weighted by Crippen LogP contribution is 2.16. The normalized spacial score (nSPS) is 16.5.